The van der Waals surface area contributed by atoms with E-state index in [2.05, 4.69) is 15.9 Å². The lowest BCUT2D eigenvalue weighted by Crippen LogP contribution is -2.35. The van der Waals surface area contributed by atoms with Crippen LogP contribution in [0.25, 0.3) is 0 Å². The molecule has 1 aliphatic rings. The van der Waals surface area contributed by atoms with Gasteiger partial charge in [-0.1, -0.05) is 15.9 Å². The predicted octanol–water partition coefficient (Wildman–Crippen LogP) is 1.53. The van der Waals surface area contributed by atoms with Crippen molar-refractivity contribution < 1.29 is 13.9 Å². The highest BCUT2D eigenvalue weighted by Crippen LogP contribution is 2.21. The third-order valence-electron chi connectivity index (χ3n) is 2.82. The molecule has 98 valence electrons. The zero-order valence-corrected chi connectivity index (χ0v) is 11.3. The summed E-state index contributed by atoms with van der Waals surface area (Å²) in [5, 5.41) is 0. The summed E-state index contributed by atoms with van der Waals surface area (Å²) >= 11 is 3.15. The lowest BCUT2D eigenvalue weighted by Gasteiger charge is -2.16. The molecule has 0 saturated carbocycles. The van der Waals surface area contributed by atoms with Crippen LogP contribution in [0.1, 0.15) is 6.42 Å². The highest BCUT2D eigenvalue weighted by molar-refractivity contribution is 9.10. The molecule has 6 heteroatoms. The van der Waals surface area contributed by atoms with Crippen molar-refractivity contribution in [2.24, 2.45) is 5.73 Å². The van der Waals surface area contributed by atoms with Gasteiger partial charge in [-0.15, -0.1) is 0 Å². The molecule has 1 fully saturated rings. The second-order valence-electron chi connectivity index (χ2n) is 4.25. The number of nitrogens with zero attached hydrogens (tertiary/aromatic N) is 1. The normalized spacial score (nSPS) is 19.1. The summed E-state index contributed by atoms with van der Waals surface area (Å²) in [6.45, 7) is 1.03. The van der Waals surface area contributed by atoms with Gasteiger partial charge in [0.1, 0.15) is 0 Å². The Balaban J connectivity index is 1.89. The fourth-order valence-corrected chi connectivity index (χ4v) is 2.17. The number of amides is 1. The number of ether oxygens (including phenoxy) is 1. The number of likely N-dealkylation sites (tertiary alicyclic amines) is 1. The summed E-state index contributed by atoms with van der Waals surface area (Å²) in [6, 6.07) is 4.49. The predicted molar refractivity (Wildman–Crippen MR) is 68.8 cm³/mol. The molecule has 1 heterocycles. The molecule has 1 aliphatic heterocycles. The van der Waals surface area contributed by atoms with Crippen LogP contribution in [0, 0.1) is 5.82 Å². The van der Waals surface area contributed by atoms with Gasteiger partial charge in [0, 0.05) is 23.6 Å². The average molecular weight is 317 g/mol. The molecule has 0 spiro atoms. The van der Waals surface area contributed by atoms with Crippen LogP contribution in [0.3, 0.4) is 0 Å². The molecule has 0 bridgehead atoms. The van der Waals surface area contributed by atoms with Crippen molar-refractivity contribution in [2.45, 2.75) is 12.5 Å². The molecule has 2 rings (SSSR count). The lowest BCUT2D eigenvalue weighted by molar-refractivity contribution is -0.132. The summed E-state index contributed by atoms with van der Waals surface area (Å²) in [5.74, 6) is -0.574. The Morgan fingerprint density at radius 1 is 1.61 bits per heavy atom. The van der Waals surface area contributed by atoms with Gasteiger partial charge in [-0.3, -0.25) is 4.79 Å². The molecule has 4 nitrogen and oxygen atoms in total. The summed E-state index contributed by atoms with van der Waals surface area (Å²) in [5.41, 5.74) is 5.71. The SMILES string of the molecule is N[C@H]1CCN(C(=O)COc2ccc(Br)cc2F)C1. The van der Waals surface area contributed by atoms with E-state index in [0.717, 1.165) is 6.42 Å². The van der Waals surface area contributed by atoms with Gasteiger partial charge < -0.3 is 15.4 Å². The first kappa shape index (κ1) is 13.3. The summed E-state index contributed by atoms with van der Waals surface area (Å²) in [7, 11) is 0. The standard InChI is InChI=1S/C12H14BrFN2O2/c13-8-1-2-11(10(14)5-8)18-7-12(17)16-4-3-9(15)6-16/h1-2,5,9H,3-4,6-7,15H2/t9-/m0/s1. The quantitative estimate of drug-likeness (QED) is 0.920. The molecule has 1 atom stereocenters. The summed E-state index contributed by atoms with van der Waals surface area (Å²) in [6.07, 6.45) is 0.804. The second-order valence-corrected chi connectivity index (χ2v) is 5.17. The van der Waals surface area contributed by atoms with E-state index in [-0.39, 0.29) is 24.3 Å². The lowest BCUT2D eigenvalue weighted by atomic mass is 10.3. The van der Waals surface area contributed by atoms with Crippen molar-refractivity contribution >= 4 is 21.8 Å². The van der Waals surface area contributed by atoms with E-state index in [4.69, 9.17) is 10.5 Å². The van der Waals surface area contributed by atoms with E-state index >= 15 is 0 Å². The number of carbonyl (C=O) groups is 1. The van der Waals surface area contributed by atoms with E-state index < -0.39 is 5.82 Å². The number of rotatable bonds is 3. The van der Waals surface area contributed by atoms with Gasteiger partial charge in [0.15, 0.2) is 18.2 Å². The third-order valence-corrected chi connectivity index (χ3v) is 3.32. The topological polar surface area (TPSA) is 55.6 Å². The maximum atomic E-state index is 13.4. The van der Waals surface area contributed by atoms with E-state index in [1.807, 2.05) is 0 Å². The summed E-state index contributed by atoms with van der Waals surface area (Å²) in [4.78, 5) is 13.4. The smallest absolute Gasteiger partial charge is 0.260 e. The van der Waals surface area contributed by atoms with Crippen molar-refractivity contribution in [3.05, 3.63) is 28.5 Å². The molecule has 0 radical (unpaired) electrons. The first-order chi connectivity index (χ1) is 8.56. The van der Waals surface area contributed by atoms with E-state index in [1.165, 1.54) is 12.1 Å². The van der Waals surface area contributed by atoms with Crippen molar-refractivity contribution in [1.29, 1.82) is 0 Å². The Bertz CT molecular complexity index is 456. The van der Waals surface area contributed by atoms with Gasteiger partial charge in [0.25, 0.3) is 5.91 Å². The Labute approximate surface area is 113 Å². The monoisotopic (exact) mass is 316 g/mol. The Kier molecular flexibility index (Phi) is 4.19. The van der Waals surface area contributed by atoms with Gasteiger partial charge in [-0.05, 0) is 24.6 Å². The molecule has 1 amide bonds. The molecule has 2 N–H and O–H groups in total. The fourth-order valence-electron chi connectivity index (χ4n) is 1.84. The van der Waals surface area contributed by atoms with Crippen LogP contribution in [-0.2, 0) is 4.79 Å². The Morgan fingerprint density at radius 2 is 2.39 bits per heavy atom. The van der Waals surface area contributed by atoms with Crippen LogP contribution < -0.4 is 10.5 Å². The van der Waals surface area contributed by atoms with Crippen molar-refractivity contribution in [3.8, 4) is 5.75 Å². The second kappa shape index (κ2) is 5.67. The van der Waals surface area contributed by atoms with Gasteiger partial charge in [-0.25, -0.2) is 4.39 Å². The maximum Gasteiger partial charge on any atom is 0.260 e. The molecular formula is C12H14BrFN2O2. The van der Waals surface area contributed by atoms with Crippen molar-refractivity contribution in [1.82, 2.24) is 4.90 Å². The van der Waals surface area contributed by atoms with Gasteiger partial charge in [0.05, 0.1) is 0 Å². The molecule has 0 unspecified atom stereocenters. The third kappa shape index (κ3) is 3.20. The molecule has 1 aromatic rings. The van der Waals surface area contributed by atoms with Crippen molar-refractivity contribution in [2.75, 3.05) is 19.7 Å². The van der Waals surface area contributed by atoms with Gasteiger partial charge in [-0.2, -0.15) is 0 Å². The molecular weight excluding hydrogens is 303 g/mol. The van der Waals surface area contributed by atoms with Crippen LogP contribution in [0.5, 0.6) is 5.75 Å². The van der Waals surface area contributed by atoms with Crippen LogP contribution in [-0.4, -0.2) is 36.5 Å². The average Bonchev–Trinajstić information content (AvgIpc) is 2.74. The minimum atomic E-state index is -0.490. The molecule has 1 saturated heterocycles. The number of benzene rings is 1. The number of carbonyl (C=O) groups excluding carboxylic acids is 1. The first-order valence-corrected chi connectivity index (χ1v) is 6.47. The van der Waals surface area contributed by atoms with E-state index in [1.54, 1.807) is 11.0 Å². The number of nitrogens with two attached hydrogens (primary N) is 1. The van der Waals surface area contributed by atoms with E-state index in [0.29, 0.717) is 17.6 Å². The zero-order chi connectivity index (χ0) is 13.1. The highest BCUT2D eigenvalue weighted by Gasteiger charge is 2.23. The van der Waals surface area contributed by atoms with Crippen LogP contribution in [0.15, 0.2) is 22.7 Å². The zero-order valence-electron chi connectivity index (χ0n) is 9.73. The fraction of sp³-hybridized carbons (Fsp3) is 0.417. The Hall–Kier alpha value is -1.14. The van der Waals surface area contributed by atoms with Crippen LogP contribution >= 0.6 is 15.9 Å². The number of hydrogen-bond acceptors (Lipinski definition) is 3. The minimum absolute atomic E-state index is 0.0402. The van der Waals surface area contributed by atoms with Gasteiger partial charge in [0.2, 0.25) is 0 Å². The largest absolute Gasteiger partial charge is 0.481 e. The molecule has 0 aromatic heterocycles. The minimum Gasteiger partial charge on any atom is -0.481 e. The highest BCUT2D eigenvalue weighted by atomic mass is 79.9. The van der Waals surface area contributed by atoms with E-state index in [9.17, 15) is 9.18 Å². The first-order valence-electron chi connectivity index (χ1n) is 5.67. The van der Waals surface area contributed by atoms with Crippen LogP contribution in [0.2, 0.25) is 0 Å². The van der Waals surface area contributed by atoms with Crippen LogP contribution in [0.4, 0.5) is 4.39 Å². The Morgan fingerprint density at radius 3 is 3.00 bits per heavy atom. The molecule has 0 aliphatic carbocycles. The summed E-state index contributed by atoms with van der Waals surface area (Å²) < 4.78 is 19.2. The molecule has 1 aromatic carbocycles. The van der Waals surface area contributed by atoms with Gasteiger partial charge >= 0.3 is 0 Å². The number of halogens is 2. The number of hydrogen-bond donors (Lipinski definition) is 1. The molecule has 18 heavy (non-hydrogen) atoms. The maximum absolute atomic E-state index is 13.4. The van der Waals surface area contributed by atoms with Crippen molar-refractivity contribution in [3.63, 3.8) is 0 Å².